The zero-order valence-electron chi connectivity index (χ0n) is 9.96. The van der Waals surface area contributed by atoms with Crippen molar-refractivity contribution in [2.75, 3.05) is 11.9 Å². The van der Waals surface area contributed by atoms with Crippen molar-refractivity contribution >= 4 is 11.5 Å². The maximum absolute atomic E-state index is 4.28. The van der Waals surface area contributed by atoms with Crippen molar-refractivity contribution in [3.63, 3.8) is 0 Å². The van der Waals surface area contributed by atoms with Crippen LogP contribution in [0, 0.1) is 6.92 Å². The minimum Gasteiger partial charge on any atom is -0.367 e. The van der Waals surface area contributed by atoms with Gasteiger partial charge in [-0.2, -0.15) is 0 Å². The number of H-pyrrole nitrogens is 1. The third kappa shape index (κ3) is 1.90. The highest BCUT2D eigenvalue weighted by molar-refractivity contribution is 5.61. The van der Waals surface area contributed by atoms with E-state index in [-0.39, 0.29) is 0 Å². The number of anilines is 1. The molecule has 0 aliphatic rings. The molecule has 0 fully saturated rings. The lowest BCUT2D eigenvalue weighted by Crippen LogP contribution is -2.08. The van der Waals surface area contributed by atoms with Crippen LogP contribution in [0.2, 0.25) is 0 Å². The van der Waals surface area contributed by atoms with Crippen LogP contribution < -0.4 is 5.32 Å². The standard InChI is InChI=1S/C11H13N7/c1-8-16-17-11-10(14-4-5-18(8)11)13-3-2-9-6-12-7-15-9/h4-7H,2-3H2,1H3,(H,12,15)(H,13,14). The number of imidazole rings is 1. The Kier molecular flexibility index (Phi) is 2.64. The van der Waals surface area contributed by atoms with E-state index in [4.69, 9.17) is 0 Å². The Hall–Kier alpha value is -2.44. The first kappa shape index (κ1) is 10.7. The van der Waals surface area contributed by atoms with Crippen LogP contribution in [-0.4, -0.2) is 36.1 Å². The zero-order valence-corrected chi connectivity index (χ0v) is 9.96. The third-order valence-corrected chi connectivity index (χ3v) is 2.74. The van der Waals surface area contributed by atoms with Gasteiger partial charge in [-0.1, -0.05) is 0 Å². The van der Waals surface area contributed by atoms with Gasteiger partial charge in [0.2, 0.25) is 5.65 Å². The Morgan fingerprint density at radius 2 is 2.33 bits per heavy atom. The highest BCUT2D eigenvalue weighted by atomic mass is 15.3. The van der Waals surface area contributed by atoms with Crippen LogP contribution >= 0.6 is 0 Å². The normalized spacial score (nSPS) is 10.9. The summed E-state index contributed by atoms with van der Waals surface area (Å²) in [7, 11) is 0. The van der Waals surface area contributed by atoms with E-state index < -0.39 is 0 Å². The fourth-order valence-corrected chi connectivity index (χ4v) is 1.80. The molecule has 3 heterocycles. The minimum atomic E-state index is 0.748. The molecule has 3 aromatic heterocycles. The highest BCUT2D eigenvalue weighted by Gasteiger charge is 2.06. The monoisotopic (exact) mass is 243 g/mol. The summed E-state index contributed by atoms with van der Waals surface area (Å²) in [5.74, 6) is 1.60. The number of rotatable bonds is 4. The van der Waals surface area contributed by atoms with Crippen molar-refractivity contribution in [2.45, 2.75) is 13.3 Å². The number of hydrogen-bond donors (Lipinski definition) is 2. The Morgan fingerprint density at radius 3 is 3.17 bits per heavy atom. The molecule has 2 N–H and O–H groups in total. The topological polar surface area (TPSA) is 83.8 Å². The number of nitrogens with zero attached hydrogens (tertiary/aromatic N) is 5. The molecule has 0 aliphatic heterocycles. The molecule has 0 radical (unpaired) electrons. The summed E-state index contributed by atoms with van der Waals surface area (Å²) in [6.07, 6.45) is 7.94. The minimum absolute atomic E-state index is 0.748. The maximum atomic E-state index is 4.28. The molecule has 0 atom stereocenters. The molecular weight excluding hydrogens is 230 g/mol. The lowest BCUT2D eigenvalue weighted by atomic mass is 10.3. The highest BCUT2D eigenvalue weighted by Crippen LogP contribution is 2.11. The number of aryl methyl sites for hydroxylation is 1. The number of fused-ring (bicyclic) bond motifs is 1. The number of hydrogen-bond acceptors (Lipinski definition) is 5. The van der Waals surface area contributed by atoms with Crippen LogP contribution in [0.3, 0.4) is 0 Å². The van der Waals surface area contributed by atoms with Crippen LogP contribution in [-0.2, 0) is 6.42 Å². The fraction of sp³-hybridized carbons (Fsp3) is 0.273. The van der Waals surface area contributed by atoms with Crippen LogP contribution in [0.15, 0.2) is 24.9 Å². The van der Waals surface area contributed by atoms with Gasteiger partial charge in [0, 0.05) is 37.3 Å². The molecule has 18 heavy (non-hydrogen) atoms. The van der Waals surface area contributed by atoms with Gasteiger partial charge in [0.1, 0.15) is 5.82 Å². The molecule has 0 saturated carbocycles. The molecule has 0 spiro atoms. The Balaban J connectivity index is 1.74. The lowest BCUT2D eigenvalue weighted by Gasteiger charge is -2.05. The fourth-order valence-electron chi connectivity index (χ4n) is 1.80. The second-order valence-corrected chi connectivity index (χ2v) is 3.97. The quantitative estimate of drug-likeness (QED) is 0.708. The third-order valence-electron chi connectivity index (χ3n) is 2.74. The average Bonchev–Trinajstić information content (AvgIpc) is 3.01. The summed E-state index contributed by atoms with van der Waals surface area (Å²) in [6.45, 7) is 2.68. The van der Waals surface area contributed by atoms with Gasteiger partial charge in [-0.05, 0) is 6.92 Å². The number of nitrogens with one attached hydrogen (secondary N) is 2. The van der Waals surface area contributed by atoms with Crippen molar-refractivity contribution in [1.29, 1.82) is 0 Å². The van der Waals surface area contributed by atoms with E-state index in [1.165, 1.54) is 0 Å². The largest absolute Gasteiger partial charge is 0.367 e. The molecule has 0 bridgehead atoms. The van der Waals surface area contributed by atoms with Crippen molar-refractivity contribution in [3.05, 3.63) is 36.4 Å². The smallest absolute Gasteiger partial charge is 0.203 e. The van der Waals surface area contributed by atoms with E-state index >= 15 is 0 Å². The molecule has 0 aromatic carbocycles. The van der Waals surface area contributed by atoms with Gasteiger partial charge in [-0.3, -0.25) is 4.40 Å². The molecule has 0 aliphatic carbocycles. The van der Waals surface area contributed by atoms with Crippen molar-refractivity contribution in [3.8, 4) is 0 Å². The van der Waals surface area contributed by atoms with Gasteiger partial charge >= 0.3 is 0 Å². The number of aromatic amines is 1. The van der Waals surface area contributed by atoms with E-state index in [2.05, 4.69) is 30.5 Å². The maximum Gasteiger partial charge on any atom is 0.203 e. The Labute approximate surface area is 103 Å². The summed E-state index contributed by atoms with van der Waals surface area (Å²) in [6, 6.07) is 0. The van der Waals surface area contributed by atoms with Gasteiger partial charge in [-0.25, -0.2) is 9.97 Å². The first-order valence-corrected chi connectivity index (χ1v) is 5.72. The molecule has 3 aromatic rings. The zero-order chi connectivity index (χ0) is 12.4. The van der Waals surface area contributed by atoms with Gasteiger partial charge in [0.15, 0.2) is 5.82 Å². The molecule has 92 valence electrons. The SMILES string of the molecule is Cc1nnc2c(NCCc3cnc[nH]3)nccn12. The lowest BCUT2D eigenvalue weighted by molar-refractivity contribution is 0.961. The molecular formula is C11H13N7. The molecule has 0 saturated heterocycles. The second-order valence-electron chi connectivity index (χ2n) is 3.97. The van der Waals surface area contributed by atoms with Crippen LogP contribution in [0.5, 0.6) is 0 Å². The molecule has 0 amide bonds. The average molecular weight is 243 g/mol. The predicted molar refractivity (Wildman–Crippen MR) is 66.3 cm³/mol. The van der Waals surface area contributed by atoms with Gasteiger partial charge < -0.3 is 10.3 Å². The van der Waals surface area contributed by atoms with Crippen LogP contribution in [0.25, 0.3) is 5.65 Å². The van der Waals surface area contributed by atoms with Gasteiger partial charge in [0.25, 0.3) is 0 Å². The van der Waals surface area contributed by atoms with Crippen molar-refractivity contribution < 1.29 is 0 Å². The predicted octanol–water partition coefficient (Wildman–Crippen LogP) is 0.810. The van der Waals surface area contributed by atoms with E-state index in [9.17, 15) is 0 Å². The summed E-state index contributed by atoms with van der Waals surface area (Å²) in [5.41, 5.74) is 1.84. The van der Waals surface area contributed by atoms with E-state index in [1.807, 2.05) is 23.7 Å². The number of aromatic nitrogens is 6. The summed E-state index contributed by atoms with van der Waals surface area (Å²) >= 11 is 0. The first-order chi connectivity index (χ1) is 8.84. The Morgan fingerprint density at radius 1 is 1.39 bits per heavy atom. The summed E-state index contributed by atoms with van der Waals surface area (Å²) in [5, 5.41) is 11.4. The molecule has 7 nitrogen and oxygen atoms in total. The summed E-state index contributed by atoms with van der Waals surface area (Å²) < 4.78 is 1.91. The first-order valence-electron chi connectivity index (χ1n) is 5.72. The molecule has 0 unspecified atom stereocenters. The molecule has 7 heteroatoms. The van der Waals surface area contributed by atoms with E-state index in [0.29, 0.717) is 0 Å². The van der Waals surface area contributed by atoms with Gasteiger partial charge in [-0.15, -0.1) is 10.2 Å². The van der Waals surface area contributed by atoms with E-state index in [1.54, 1.807) is 12.5 Å². The van der Waals surface area contributed by atoms with Crippen LogP contribution in [0.1, 0.15) is 11.5 Å². The van der Waals surface area contributed by atoms with Gasteiger partial charge in [0.05, 0.1) is 6.33 Å². The summed E-state index contributed by atoms with van der Waals surface area (Å²) in [4.78, 5) is 11.3. The van der Waals surface area contributed by atoms with E-state index in [0.717, 1.165) is 35.9 Å². The Bertz CT molecular complexity index is 641. The van der Waals surface area contributed by atoms with Crippen molar-refractivity contribution in [1.82, 2.24) is 29.5 Å². The van der Waals surface area contributed by atoms with Crippen molar-refractivity contribution in [2.24, 2.45) is 0 Å². The second kappa shape index (κ2) is 4.44. The molecule has 3 rings (SSSR count). The van der Waals surface area contributed by atoms with Crippen LogP contribution in [0.4, 0.5) is 5.82 Å².